The van der Waals surface area contributed by atoms with Gasteiger partial charge >= 0.3 is 5.97 Å². The Morgan fingerprint density at radius 2 is 2.36 bits per heavy atom. The number of ether oxygens (including phenoxy) is 1. The summed E-state index contributed by atoms with van der Waals surface area (Å²) in [5.41, 5.74) is 1.07. The third-order valence-electron chi connectivity index (χ3n) is 2.24. The molecule has 1 aromatic carbocycles. The number of aliphatic carboxylic acids is 1. The molecule has 1 N–H and O–H groups in total. The van der Waals surface area contributed by atoms with E-state index in [1.54, 1.807) is 6.07 Å². The largest absolute Gasteiger partial charge is 0.479 e. The van der Waals surface area contributed by atoms with E-state index >= 15 is 0 Å². The normalized spacial score (nSPS) is 19.6. The zero-order valence-corrected chi connectivity index (χ0v) is 8.95. The second-order valence-electron chi connectivity index (χ2n) is 3.24. The molecule has 0 spiro atoms. The SMILES string of the molecule is O=C(O)[C@H]1CCc2cc(Br)ccc2O1. The van der Waals surface area contributed by atoms with Gasteiger partial charge in [-0.15, -0.1) is 0 Å². The van der Waals surface area contributed by atoms with Gasteiger partial charge in [-0.25, -0.2) is 4.79 Å². The van der Waals surface area contributed by atoms with Crippen LogP contribution >= 0.6 is 15.9 Å². The Bertz CT molecular complexity index is 376. The van der Waals surface area contributed by atoms with Crippen molar-refractivity contribution in [3.05, 3.63) is 28.2 Å². The van der Waals surface area contributed by atoms with Gasteiger partial charge in [-0.2, -0.15) is 0 Å². The predicted octanol–water partition coefficient (Wildman–Crippen LogP) is 2.23. The third kappa shape index (κ3) is 1.75. The Hall–Kier alpha value is -1.03. The minimum atomic E-state index is -0.890. The number of hydrogen-bond acceptors (Lipinski definition) is 2. The molecule has 0 radical (unpaired) electrons. The topological polar surface area (TPSA) is 46.5 Å². The van der Waals surface area contributed by atoms with Crippen LogP contribution in [0, 0.1) is 0 Å². The predicted molar refractivity (Wildman–Crippen MR) is 54.5 cm³/mol. The van der Waals surface area contributed by atoms with Gasteiger partial charge < -0.3 is 9.84 Å². The van der Waals surface area contributed by atoms with Crippen LogP contribution in [0.1, 0.15) is 12.0 Å². The van der Waals surface area contributed by atoms with Crippen LogP contribution in [0.2, 0.25) is 0 Å². The molecule has 3 nitrogen and oxygen atoms in total. The number of carbonyl (C=O) groups is 1. The molecule has 4 heteroatoms. The number of aryl methyl sites for hydroxylation is 1. The van der Waals surface area contributed by atoms with Crippen LogP contribution in [0.3, 0.4) is 0 Å². The molecule has 0 saturated heterocycles. The molecule has 74 valence electrons. The van der Waals surface area contributed by atoms with Crippen molar-refractivity contribution in [1.29, 1.82) is 0 Å². The molecule has 2 rings (SSSR count). The molecule has 1 aliphatic rings. The first-order valence-corrected chi connectivity index (χ1v) is 5.14. The first-order chi connectivity index (χ1) is 6.66. The van der Waals surface area contributed by atoms with Crippen LogP contribution in [0.25, 0.3) is 0 Å². The fourth-order valence-electron chi connectivity index (χ4n) is 1.53. The van der Waals surface area contributed by atoms with Gasteiger partial charge in [-0.3, -0.25) is 0 Å². The molecule has 1 atom stereocenters. The standard InChI is InChI=1S/C10H9BrO3/c11-7-2-4-8-6(5-7)1-3-9(14-8)10(12)13/h2,4-5,9H,1,3H2,(H,12,13)/t9-/m1/s1. The Kier molecular flexibility index (Phi) is 2.46. The van der Waals surface area contributed by atoms with E-state index in [0.717, 1.165) is 16.5 Å². The molecule has 1 heterocycles. The Morgan fingerprint density at radius 3 is 3.07 bits per heavy atom. The number of benzene rings is 1. The quantitative estimate of drug-likeness (QED) is 0.839. The zero-order chi connectivity index (χ0) is 10.1. The molecule has 1 aromatic rings. The lowest BCUT2D eigenvalue weighted by molar-refractivity contribution is -0.145. The molecule has 0 saturated carbocycles. The van der Waals surface area contributed by atoms with Crippen molar-refractivity contribution >= 4 is 21.9 Å². The van der Waals surface area contributed by atoms with E-state index in [-0.39, 0.29) is 0 Å². The van der Waals surface area contributed by atoms with Gasteiger partial charge in [0.1, 0.15) is 5.75 Å². The van der Waals surface area contributed by atoms with Gasteiger partial charge in [0.05, 0.1) is 0 Å². The van der Waals surface area contributed by atoms with Crippen molar-refractivity contribution < 1.29 is 14.6 Å². The maximum absolute atomic E-state index is 10.7. The lowest BCUT2D eigenvalue weighted by atomic mass is 10.0. The van der Waals surface area contributed by atoms with Crippen molar-refractivity contribution in [2.75, 3.05) is 0 Å². The highest BCUT2D eigenvalue weighted by atomic mass is 79.9. The second-order valence-corrected chi connectivity index (χ2v) is 4.15. The highest BCUT2D eigenvalue weighted by Crippen LogP contribution is 2.29. The molecule has 0 aromatic heterocycles. The van der Waals surface area contributed by atoms with Crippen molar-refractivity contribution in [2.24, 2.45) is 0 Å². The number of halogens is 1. The highest BCUT2D eigenvalue weighted by molar-refractivity contribution is 9.10. The van der Waals surface area contributed by atoms with Gasteiger partial charge in [0.25, 0.3) is 0 Å². The second kappa shape index (κ2) is 3.61. The minimum Gasteiger partial charge on any atom is -0.479 e. The van der Waals surface area contributed by atoms with E-state index in [1.165, 1.54) is 0 Å². The highest BCUT2D eigenvalue weighted by Gasteiger charge is 2.25. The van der Waals surface area contributed by atoms with Crippen LogP contribution in [0.4, 0.5) is 0 Å². The molecule has 0 aliphatic carbocycles. The van der Waals surface area contributed by atoms with Crippen molar-refractivity contribution in [3.8, 4) is 5.75 Å². The van der Waals surface area contributed by atoms with Crippen LogP contribution in [-0.2, 0) is 11.2 Å². The van der Waals surface area contributed by atoms with E-state index in [2.05, 4.69) is 15.9 Å². The summed E-state index contributed by atoms with van der Waals surface area (Å²) in [7, 11) is 0. The van der Waals surface area contributed by atoms with Crippen LogP contribution in [0.5, 0.6) is 5.75 Å². The summed E-state index contributed by atoms with van der Waals surface area (Å²) in [6.45, 7) is 0. The number of fused-ring (bicyclic) bond motifs is 1. The van der Waals surface area contributed by atoms with Gasteiger partial charge in [0.2, 0.25) is 0 Å². The van der Waals surface area contributed by atoms with Crippen molar-refractivity contribution in [1.82, 2.24) is 0 Å². The van der Waals surface area contributed by atoms with E-state index in [1.807, 2.05) is 12.1 Å². The lowest BCUT2D eigenvalue weighted by Crippen LogP contribution is -2.30. The van der Waals surface area contributed by atoms with E-state index in [4.69, 9.17) is 9.84 Å². The molecule has 0 amide bonds. The number of carboxylic acid groups (broad SMARTS) is 1. The average molecular weight is 257 g/mol. The monoisotopic (exact) mass is 256 g/mol. The third-order valence-corrected chi connectivity index (χ3v) is 2.74. The summed E-state index contributed by atoms with van der Waals surface area (Å²) in [4.78, 5) is 10.7. The van der Waals surface area contributed by atoms with E-state index < -0.39 is 12.1 Å². The number of carboxylic acids is 1. The maximum atomic E-state index is 10.7. The first-order valence-electron chi connectivity index (χ1n) is 4.35. The van der Waals surface area contributed by atoms with Crippen molar-refractivity contribution in [2.45, 2.75) is 18.9 Å². The Morgan fingerprint density at radius 1 is 1.57 bits per heavy atom. The molecule has 14 heavy (non-hydrogen) atoms. The fourth-order valence-corrected chi connectivity index (χ4v) is 1.94. The van der Waals surface area contributed by atoms with Gasteiger partial charge in [-0.05, 0) is 36.6 Å². The summed E-state index contributed by atoms with van der Waals surface area (Å²) < 4.78 is 6.32. The summed E-state index contributed by atoms with van der Waals surface area (Å²) in [5.74, 6) is -0.203. The number of rotatable bonds is 1. The summed E-state index contributed by atoms with van der Waals surface area (Å²) >= 11 is 3.36. The van der Waals surface area contributed by atoms with Gasteiger partial charge in [0.15, 0.2) is 6.10 Å². The molecular weight excluding hydrogens is 248 g/mol. The lowest BCUT2D eigenvalue weighted by Gasteiger charge is -2.23. The van der Waals surface area contributed by atoms with Gasteiger partial charge in [0, 0.05) is 4.47 Å². The summed E-state index contributed by atoms with van der Waals surface area (Å²) in [6.07, 6.45) is 0.605. The molecule has 0 unspecified atom stereocenters. The van der Waals surface area contributed by atoms with E-state index in [9.17, 15) is 4.79 Å². The summed E-state index contributed by atoms with van der Waals surface area (Å²) in [6, 6.07) is 5.62. The molecule has 1 aliphatic heterocycles. The smallest absolute Gasteiger partial charge is 0.344 e. The van der Waals surface area contributed by atoms with Crippen LogP contribution in [-0.4, -0.2) is 17.2 Å². The molecular formula is C10H9BrO3. The van der Waals surface area contributed by atoms with Crippen molar-refractivity contribution in [3.63, 3.8) is 0 Å². The Balaban J connectivity index is 2.27. The van der Waals surface area contributed by atoms with Crippen LogP contribution < -0.4 is 4.74 Å². The van der Waals surface area contributed by atoms with Crippen LogP contribution in [0.15, 0.2) is 22.7 Å². The van der Waals surface area contributed by atoms with E-state index in [0.29, 0.717) is 12.2 Å². The average Bonchev–Trinajstić information content (AvgIpc) is 2.16. The zero-order valence-electron chi connectivity index (χ0n) is 7.37. The van der Waals surface area contributed by atoms with Gasteiger partial charge in [-0.1, -0.05) is 15.9 Å². The first kappa shape index (κ1) is 9.52. The minimum absolute atomic E-state index is 0.540. The fraction of sp³-hybridized carbons (Fsp3) is 0.300. The Labute approximate surface area is 89.8 Å². The maximum Gasteiger partial charge on any atom is 0.344 e. The molecule has 0 bridgehead atoms. The molecule has 0 fully saturated rings. The number of hydrogen-bond donors (Lipinski definition) is 1. The summed E-state index contributed by atoms with van der Waals surface area (Å²) in [5, 5.41) is 8.78.